The van der Waals surface area contributed by atoms with Crippen molar-refractivity contribution in [3.8, 4) is 0 Å². The minimum Gasteiger partial charge on any atom is -0.479 e. The zero-order valence-electron chi connectivity index (χ0n) is 33.1. The predicted octanol–water partition coefficient (Wildman–Crippen LogP) is -4.84. The van der Waals surface area contributed by atoms with Crippen molar-refractivity contribution in [3.05, 3.63) is 0 Å². The number of nitrogens with one attached hydrogen (secondary N) is 2. The number of hydrogen-bond donors (Lipinski definition) is 9. The highest BCUT2D eigenvalue weighted by Gasteiger charge is 2.55. The topological polar surface area (TPSA) is 379 Å². The van der Waals surface area contributed by atoms with Gasteiger partial charge in [0.15, 0.2) is 18.7 Å². The lowest BCUT2D eigenvalue weighted by molar-refractivity contribution is -0.353. The van der Waals surface area contributed by atoms with Crippen LogP contribution in [-0.4, -0.2) is 217 Å². The Bertz CT molecular complexity index is 1730. The molecule has 0 spiro atoms. The number of hydrogen-bond acceptors (Lipinski definition) is 22. The molecule has 4 heterocycles. The Labute approximate surface area is 354 Å². The van der Waals surface area contributed by atoms with Crippen molar-refractivity contribution in [2.75, 3.05) is 52.3 Å². The number of rotatable bonds is 23. The molecule has 0 saturated carbocycles. The number of amides is 3. The number of imide groups is 1. The van der Waals surface area contributed by atoms with E-state index in [-0.39, 0.29) is 50.2 Å². The van der Waals surface area contributed by atoms with Gasteiger partial charge in [0.05, 0.1) is 30.7 Å². The lowest BCUT2D eigenvalue weighted by Gasteiger charge is -2.46. The fraction of sp³-hybridized carbons (Fsp3) is 0.875. The first-order valence-corrected chi connectivity index (χ1v) is 22.8. The number of carboxylic acid groups (broad SMARTS) is 1. The molecule has 0 aromatic rings. The molecule has 3 amide bonds. The summed E-state index contributed by atoms with van der Waals surface area (Å²) < 4.78 is 106. The number of nitrogens with zero attached hydrogens (tertiary/aromatic N) is 1. The maximum absolute atomic E-state index is 12.8. The summed E-state index contributed by atoms with van der Waals surface area (Å²) in [5.41, 5.74) is 0. The minimum absolute atomic E-state index is 0.0239. The van der Waals surface area contributed by atoms with E-state index in [1.165, 1.54) is 18.7 Å². The van der Waals surface area contributed by atoms with Crippen LogP contribution in [0.15, 0.2) is 0 Å². The molecule has 4 fully saturated rings. The fourth-order valence-electron chi connectivity index (χ4n) is 7.05. The normalized spacial score (nSPS) is 36.1. The third kappa shape index (κ3) is 14.1. The van der Waals surface area contributed by atoms with Crippen molar-refractivity contribution >= 4 is 56.3 Å². The molecule has 4 rings (SSSR count). The lowest BCUT2D eigenvalue weighted by Crippen LogP contribution is -2.65. The molecule has 6 unspecified atom stereocenters. The van der Waals surface area contributed by atoms with E-state index < -0.39 is 131 Å². The number of likely N-dealkylation sites (tertiary alicyclic amines) is 1. The van der Waals surface area contributed by atoms with Crippen molar-refractivity contribution < 1.29 is 107 Å². The highest BCUT2D eigenvalue weighted by atomic mass is 32.3. The van der Waals surface area contributed by atoms with Gasteiger partial charge in [-0.25, -0.2) is 13.2 Å². The van der Waals surface area contributed by atoms with Crippen LogP contribution in [0, 0.1) is 5.92 Å². The average molecular weight is 944 g/mol. The Morgan fingerprint density at radius 3 is 2.07 bits per heavy atom. The van der Waals surface area contributed by atoms with Crippen molar-refractivity contribution in [2.45, 2.75) is 118 Å². The van der Waals surface area contributed by atoms with Gasteiger partial charge in [-0.1, -0.05) is 6.92 Å². The number of aliphatic hydroxyl groups excluding tert-OH is 4. The number of carbonyl (C=O) groups is 4. The van der Waals surface area contributed by atoms with E-state index in [0.717, 1.165) is 12.0 Å². The number of aliphatic hydroxyl groups is 4. The lowest BCUT2D eigenvalue weighted by atomic mass is 9.91. The second kappa shape index (κ2) is 22.6. The van der Waals surface area contributed by atoms with E-state index in [1.807, 2.05) is 0 Å². The van der Waals surface area contributed by atoms with Crippen LogP contribution in [0.5, 0.6) is 0 Å². The van der Waals surface area contributed by atoms with Crippen LogP contribution in [0.25, 0.3) is 0 Å². The molecule has 29 heteroatoms. The van der Waals surface area contributed by atoms with Crippen LogP contribution in [0.2, 0.25) is 0 Å². The van der Waals surface area contributed by atoms with E-state index in [9.17, 15) is 66.1 Å². The SMILES string of the molecule is CCNC(=O)CCCN1C(=O)CC(SCCNC[C@@H]2O[C@H](COS(=O)(=O)O)[C@H](O[C@@H]3OC(C(=O)O)[C@@H](O[C@@H]4OC(COS(=O)(=O)O)[C@@H](OC)[C@H](O)C4C)[C@H](O)C3O)C2O)C1=O. The molecule has 15 atom stereocenters. The van der Waals surface area contributed by atoms with Gasteiger partial charge in [0.1, 0.15) is 48.8 Å². The summed E-state index contributed by atoms with van der Waals surface area (Å²) in [6.07, 6.45) is -21.9. The summed E-state index contributed by atoms with van der Waals surface area (Å²) in [5.74, 6) is -3.44. The zero-order valence-corrected chi connectivity index (χ0v) is 35.5. The van der Waals surface area contributed by atoms with Gasteiger partial charge in [0, 0.05) is 57.8 Å². The molecule has 4 aliphatic heterocycles. The number of carbonyl (C=O) groups excluding carboxylic acids is 3. The largest absolute Gasteiger partial charge is 0.479 e. The first-order chi connectivity index (χ1) is 28.6. The van der Waals surface area contributed by atoms with Crippen molar-refractivity contribution in [2.24, 2.45) is 5.92 Å². The molecule has 0 radical (unpaired) electrons. The Hall–Kier alpha value is -2.27. The standard InChI is InChI=1S/C32H53N3O23S3/c1-4-34-19(36)6-5-8-35-20(37)10-18(29(35)42)59-9-7-33-11-15-22(39)26(17(54-15)13-53-61(48,49)50)56-32-24(41)23(40)27(28(58-32)30(43)44)57-31-14(2)21(38)25(51-3)16(55-31)12-52-60(45,46)47/h14-18,21-28,31-33,38-41H,4-13H2,1-3H3,(H,34,36)(H,43,44)(H,45,46,47)(H,48,49,50)/t14?,15-,16?,17+,18?,21+,22?,23+,24?,25+,26-,27-,28?,31-,32+/m0/s1. The van der Waals surface area contributed by atoms with Gasteiger partial charge in [-0.3, -0.25) is 28.4 Å². The molecule has 4 saturated heterocycles. The maximum Gasteiger partial charge on any atom is 0.397 e. The van der Waals surface area contributed by atoms with Crippen LogP contribution in [0.1, 0.15) is 33.1 Å². The van der Waals surface area contributed by atoms with Crippen LogP contribution < -0.4 is 10.6 Å². The molecular formula is C32H53N3O23S3. The third-order valence-corrected chi connectivity index (χ3v) is 12.2. The second-order valence-corrected chi connectivity index (χ2v) is 17.9. The van der Waals surface area contributed by atoms with E-state index >= 15 is 0 Å². The van der Waals surface area contributed by atoms with Gasteiger partial charge in [-0.05, 0) is 13.3 Å². The van der Waals surface area contributed by atoms with Crippen molar-refractivity contribution in [1.29, 1.82) is 0 Å². The number of methoxy groups -OCH3 is 1. The number of aliphatic carboxylic acids is 1. The molecule has 0 aromatic carbocycles. The fourth-order valence-corrected chi connectivity index (χ4v) is 8.74. The summed E-state index contributed by atoms with van der Waals surface area (Å²) in [6.45, 7) is 1.96. The van der Waals surface area contributed by atoms with Crippen LogP contribution in [-0.2, 0) is 76.8 Å². The molecule has 9 N–H and O–H groups in total. The highest BCUT2D eigenvalue weighted by molar-refractivity contribution is 8.00. The zero-order chi connectivity index (χ0) is 45.4. The Morgan fingerprint density at radius 2 is 1.48 bits per heavy atom. The second-order valence-electron chi connectivity index (χ2n) is 14.4. The van der Waals surface area contributed by atoms with Crippen LogP contribution >= 0.6 is 11.8 Å². The van der Waals surface area contributed by atoms with E-state index in [0.29, 0.717) is 18.7 Å². The third-order valence-electron chi connectivity index (χ3n) is 10.1. The molecule has 0 aromatic heterocycles. The number of carboxylic acids is 1. The molecule has 0 aliphatic carbocycles. The predicted molar refractivity (Wildman–Crippen MR) is 201 cm³/mol. The molecule has 352 valence electrons. The number of ether oxygens (including phenoxy) is 6. The van der Waals surface area contributed by atoms with Crippen molar-refractivity contribution in [3.63, 3.8) is 0 Å². The van der Waals surface area contributed by atoms with Gasteiger partial charge in [-0.15, -0.1) is 11.8 Å². The summed E-state index contributed by atoms with van der Waals surface area (Å²) in [5, 5.41) is 59.3. The average Bonchev–Trinajstić information content (AvgIpc) is 3.62. The Morgan fingerprint density at radius 1 is 0.852 bits per heavy atom. The maximum atomic E-state index is 12.8. The minimum atomic E-state index is -5.06. The van der Waals surface area contributed by atoms with Gasteiger partial charge in [0.25, 0.3) is 0 Å². The van der Waals surface area contributed by atoms with Crippen LogP contribution in [0.3, 0.4) is 0 Å². The monoisotopic (exact) mass is 943 g/mol. The van der Waals surface area contributed by atoms with Gasteiger partial charge in [0.2, 0.25) is 17.7 Å². The van der Waals surface area contributed by atoms with Gasteiger partial charge < -0.3 is 64.6 Å². The first kappa shape index (κ1) is 51.4. The van der Waals surface area contributed by atoms with E-state index in [2.05, 4.69) is 19.0 Å². The molecule has 61 heavy (non-hydrogen) atoms. The Balaban J connectivity index is 1.36. The molecule has 26 nitrogen and oxygen atoms in total. The molecule has 4 aliphatic rings. The van der Waals surface area contributed by atoms with Crippen molar-refractivity contribution in [1.82, 2.24) is 15.5 Å². The molecular weight excluding hydrogens is 891 g/mol. The number of thioether (sulfide) groups is 1. The Kier molecular flexibility index (Phi) is 19.0. The summed E-state index contributed by atoms with van der Waals surface area (Å²) >= 11 is 1.20. The first-order valence-electron chi connectivity index (χ1n) is 19.0. The van der Waals surface area contributed by atoms with Crippen LogP contribution in [0.4, 0.5) is 0 Å². The van der Waals surface area contributed by atoms with Gasteiger partial charge in [-0.2, -0.15) is 16.8 Å². The molecule has 0 bridgehead atoms. The summed E-state index contributed by atoms with van der Waals surface area (Å²) in [7, 11) is -8.88. The highest BCUT2D eigenvalue weighted by Crippen LogP contribution is 2.35. The smallest absolute Gasteiger partial charge is 0.397 e. The quantitative estimate of drug-likeness (QED) is 0.0263. The summed E-state index contributed by atoms with van der Waals surface area (Å²) in [4.78, 5) is 50.5. The summed E-state index contributed by atoms with van der Waals surface area (Å²) in [6, 6.07) is 0. The van der Waals surface area contributed by atoms with E-state index in [4.69, 9.17) is 33.0 Å². The van der Waals surface area contributed by atoms with E-state index in [1.54, 1.807) is 6.92 Å². The van der Waals surface area contributed by atoms with Gasteiger partial charge >= 0.3 is 26.8 Å².